The van der Waals surface area contributed by atoms with Crippen molar-refractivity contribution in [2.24, 2.45) is 21.5 Å². The molecule has 0 aromatic carbocycles. The molecule has 6 N–H and O–H groups in total. The van der Waals surface area contributed by atoms with Crippen molar-refractivity contribution in [2.45, 2.75) is 57.4 Å². The van der Waals surface area contributed by atoms with Crippen molar-refractivity contribution in [3.63, 3.8) is 0 Å². The molecule has 112 valence electrons. The Labute approximate surface area is 115 Å². The molecule has 0 aliphatic carbocycles. The Morgan fingerprint density at radius 2 is 1.21 bits per heavy atom. The fraction of sp³-hybridized carbons (Fsp3) is 0.846. The molecule has 0 heterocycles. The topological polar surface area (TPSA) is 117 Å². The van der Waals surface area contributed by atoms with Gasteiger partial charge in [0, 0.05) is 13.1 Å². The summed E-state index contributed by atoms with van der Waals surface area (Å²) in [4.78, 5) is 8.46. The van der Waals surface area contributed by atoms with E-state index in [1.807, 2.05) is 12.4 Å². The molecule has 0 aromatic rings. The Morgan fingerprint density at radius 1 is 0.789 bits per heavy atom. The van der Waals surface area contributed by atoms with Gasteiger partial charge < -0.3 is 21.7 Å². The van der Waals surface area contributed by atoms with Crippen LogP contribution in [0.5, 0.6) is 0 Å². The quantitative estimate of drug-likeness (QED) is 0.234. The largest absolute Gasteiger partial charge is 0.379 e. The van der Waals surface area contributed by atoms with E-state index in [9.17, 15) is 0 Å². The standard InChI is InChI=1S/C13H28N4O2/c14-12(18)6-4-10-16-8-2-1-3-9-17-11-5-7-13(15)19/h8-9,12-13,18-19H,1-7,10-11,14-15H2. The molecule has 0 radical (unpaired) electrons. The summed E-state index contributed by atoms with van der Waals surface area (Å²) < 4.78 is 0. The molecule has 0 aliphatic heterocycles. The number of nitrogens with two attached hydrogens (primary N) is 2. The van der Waals surface area contributed by atoms with Gasteiger partial charge in [-0.2, -0.15) is 0 Å². The number of hydrogen-bond donors (Lipinski definition) is 4. The highest BCUT2D eigenvalue weighted by atomic mass is 16.3. The van der Waals surface area contributed by atoms with E-state index < -0.39 is 12.5 Å². The van der Waals surface area contributed by atoms with Crippen LogP contribution >= 0.6 is 0 Å². The smallest absolute Gasteiger partial charge is 0.102 e. The second kappa shape index (κ2) is 13.6. The Bertz CT molecular complexity index is 219. The van der Waals surface area contributed by atoms with Crippen LogP contribution in [0.25, 0.3) is 0 Å². The van der Waals surface area contributed by atoms with E-state index in [0.29, 0.717) is 12.8 Å². The summed E-state index contributed by atoms with van der Waals surface area (Å²) in [6.45, 7) is 1.45. The normalized spacial score (nSPS) is 15.4. The van der Waals surface area contributed by atoms with Crippen LogP contribution in [0.15, 0.2) is 9.98 Å². The van der Waals surface area contributed by atoms with Gasteiger partial charge in [0.05, 0.1) is 0 Å². The molecule has 2 atom stereocenters. The van der Waals surface area contributed by atoms with Gasteiger partial charge in [0.2, 0.25) is 0 Å². The maximum Gasteiger partial charge on any atom is 0.102 e. The molecule has 0 bridgehead atoms. The van der Waals surface area contributed by atoms with Gasteiger partial charge in [0.1, 0.15) is 12.5 Å². The first kappa shape index (κ1) is 18.2. The number of rotatable bonds is 12. The number of aliphatic hydroxyl groups excluding tert-OH is 2. The first-order chi connectivity index (χ1) is 9.13. The monoisotopic (exact) mass is 272 g/mol. The molecule has 0 rings (SSSR count). The maximum absolute atomic E-state index is 8.83. The molecular weight excluding hydrogens is 244 g/mol. The number of nitrogens with zero attached hydrogens (tertiary/aromatic N) is 2. The van der Waals surface area contributed by atoms with Gasteiger partial charge >= 0.3 is 0 Å². The van der Waals surface area contributed by atoms with Gasteiger partial charge in [0.25, 0.3) is 0 Å². The molecule has 0 aliphatic rings. The molecule has 2 unspecified atom stereocenters. The van der Waals surface area contributed by atoms with Crippen molar-refractivity contribution in [3.8, 4) is 0 Å². The highest BCUT2D eigenvalue weighted by molar-refractivity contribution is 5.60. The van der Waals surface area contributed by atoms with E-state index in [1.165, 1.54) is 0 Å². The van der Waals surface area contributed by atoms with E-state index in [0.717, 1.165) is 45.2 Å². The van der Waals surface area contributed by atoms with Crippen molar-refractivity contribution in [1.29, 1.82) is 0 Å². The van der Waals surface area contributed by atoms with Gasteiger partial charge in [0.15, 0.2) is 0 Å². The minimum Gasteiger partial charge on any atom is -0.379 e. The maximum atomic E-state index is 8.83. The highest BCUT2D eigenvalue weighted by Gasteiger charge is 1.93. The number of aliphatic imine (C=N–C) groups is 2. The Morgan fingerprint density at radius 3 is 1.58 bits per heavy atom. The Balaban J connectivity index is 3.21. The molecular formula is C13H28N4O2. The predicted molar refractivity (Wildman–Crippen MR) is 79.4 cm³/mol. The third-order valence-corrected chi connectivity index (χ3v) is 2.50. The molecule has 0 spiro atoms. The van der Waals surface area contributed by atoms with Crippen LogP contribution in [0, 0.1) is 0 Å². The van der Waals surface area contributed by atoms with Gasteiger partial charge in [-0.05, 0) is 57.4 Å². The Kier molecular flexibility index (Phi) is 13.0. The highest BCUT2D eigenvalue weighted by Crippen LogP contribution is 1.95. The molecule has 0 aromatic heterocycles. The van der Waals surface area contributed by atoms with Crippen LogP contribution in [0.3, 0.4) is 0 Å². The third kappa shape index (κ3) is 17.2. The van der Waals surface area contributed by atoms with Gasteiger partial charge in [-0.1, -0.05) is 0 Å². The zero-order valence-corrected chi connectivity index (χ0v) is 11.6. The van der Waals surface area contributed by atoms with Crippen LogP contribution in [0.4, 0.5) is 0 Å². The number of aliphatic hydroxyl groups is 2. The van der Waals surface area contributed by atoms with E-state index in [2.05, 4.69) is 9.98 Å². The second-order valence-corrected chi connectivity index (χ2v) is 4.53. The van der Waals surface area contributed by atoms with Gasteiger partial charge in [-0.25, -0.2) is 0 Å². The van der Waals surface area contributed by atoms with Crippen molar-refractivity contribution >= 4 is 12.4 Å². The lowest BCUT2D eigenvalue weighted by Crippen LogP contribution is -2.18. The zero-order chi connectivity index (χ0) is 14.3. The van der Waals surface area contributed by atoms with Crippen molar-refractivity contribution in [1.82, 2.24) is 0 Å². The van der Waals surface area contributed by atoms with E-state index >= 15 is 0 Å². The van der Waals surface area contributed by atoms with Crippen molar-refractivity contribution < 1.29 is 10.2 Å². The second-order valence-electron chi connectivity index (χ2n) is 4.53. The van der Waals surface area contributed by atoms with Gasteiger partial charge in [-0.3, -0.25) is 9.98 Å². The van der Waals surface area contributed by atoms with Crippen LogP contribution in [0.1, 0.15) is 44.9 Å². The summed E-state index contributed by atoms with van der Waals surface area (Å²) in [6.07, 6.45) is 8.17. The first-order valence-corrected chi connectivity index (χ1v) is 6.96. The number of hydrogen-bond acceptors (Lipinski definition) is 6. The lowest BCUT2D eigenvalue weighted by molar-refractivity contribution is 0.170. The average molecular weight is 272 g/mol. The average Bonchev–Trinajstić information content (AvgIpc) is 2.34. The summed E-state index contributed by atoms with van der Waals surface area (Å²) in [5.74, 6) is 0. The fourth-order valence-electron chi connectivity index (χ4n) is 1.45. The minimum atomic E-state index is -0.716. The lowest BCUT2D eigenvalue weighted by atomic mass is 10.2. The first-order valence-electron chi connectivity index (χ1n) is 6.96. The summed E-state index contributed by atoms with van der Waals surface area (Å²) in [5.41, 5.74) is 10.4. The summed E-state index contributed by atoms with van der Waals surface area (Å²) in [6, 6.07) is 0. The van der Waals surface area contributed by atoms with Crippen LogP contribution < -0.4 is 11.5 Å². The lowest BCUT2D eigenvalue weighted by Gasteiger charge is -2.00. The van der Waals surface area contributed by atoms with Crippen molar-refractivity contribution in [3.05, 3.63) is 0 Å². The summed E-state index contributed by atoms with van der Waals surface area (Å²) in [5, 5.41) is 17.7. The van der Waals surface area contributed by atoms with Crippen LogP contribution in [0.2, 0.25) is 0 Å². The fourth-order valence-corrected chi connectivity index (χ4v) is 1.45. The summed E-state index contributed by atoms with van der Waals surface area (Å²) >= 11 is 0. The van der Waals surface area contributed by atoms with E-state index in [1.54, 1.807) is 0 Å². The summed E-state index contributed by atoms with van der Waals surface area (Å²) in [7, 11) is 0. The minimum absolute atomic E-state index is 0.599. The van der Waals surface area contributed by atoms with Crippen LogP contribution in [-0.2, 0) is 0 Å². The van der Waals surface area contributed by atoms with Crippen molar-refractivity contribution in [2.75, 3.05) is 13.1 Å². The molecule has 0 amide bonds. The number of unbranched alkanes of at least 4 members (excludes halogenated alkanes) is 2. The molecule has 0 fully saturated rings. The predicted octanol–water partition coefficient (Wildman–Crippen LogP) is 0.413. The van der Waals surface area contributed by atoms with E-state index in [-0.39, 0.29) is 0 Å². The van der Waals surface area contributed by atoms with E-state index in [4.69, 9.17) is 21.7 Å². The molecule has 6 nitrogen and oxygen atoms in total. The molecule has 0 saturated heterocycles. The SMILES string of the molecule is NC(O)CCCN=CCCCC=NCCCC(N)O. The molecule has 6 heteroatoms. The molecule has 0 saturated carbocycles. The molecule has 19 heavy (non-hydrogen) atoms. The van der Waals surface area contributed by atoms with Gasteiger partial charge in [-0.15, -0.1) is 0 Å². The Hall–Kier alpha value is -0.820. The third-order valence-electron chi connectivity index (χ3n) is 2.50. The zero-order valence-electron chi connectivity index (χ0n) is 11.6. The van der Waals surface area contributed by atoms with Crippen LogP contribution in [-0.4, -0.2) is 48.2 Å².